The largest absolute Gasteiger partial charge is 0.316 e. The maximum absolute atomic E-state index is 12.4. The number of allylic oxidation sites excluding steroid dienone is 1. The normalized spacial score (nSPS) is 24.7. The van der Waals surface area contributed by atoms with Gasteiger partial charge in [0.15, 0.2) is 0 Å². The van der Waals surface area contributed by atoms with Gasteiger partial charge in [0.1, 0.15) is 0 Å². The standard InChI is InChI=1S/C17H21NO/c19-17-13-15(14-7-3-1-4-8-14)11-12-18(17)16-9-5-2-6-10-16/h1,3-4,7-8,11-12,15-16H,2,5-6,9-10,13H2. The molecule has 1 unspecified atom stereocenters. The Morgan fingerprint density at radius 1 is 1.00 bits per heavy atom. The summed E-state index contributed by atoms with van der Waals surface area (Å²) in [6.07, 6.45) is 11.1. The van der Waals surface area contributed by atoms with Gasteiger partial charge in [0.05, 0.1) is 0 Å². The van der Waals surface area contributed by atoms with E-state index in [0.29, 0.717) is 18.4 Å². The van der Waals surface area contributed by atoms with Gasteiger partial charge in [-0.2, -0.15) is 0 Å². The molecule has 2 heteroatoms. The molecule has 3 rings (SSSR count). The lowest BCUT2D eigenvalue weighted by Gasteiger charge is -2.35. The van der Waals surface area contributed by atoms with Crippen LogP contribution in [0.25, 0.3) is 0 Å². The zero-order chi connectivity index (χ0) is 13.1. The Morgan fingerprint density at radius 2 is 1.74 bits per heavy atom. The molecule has 1 aliphatic heterocycles. The smallest absolute Gasteiger partial charge is 0.227 e. The van der Waals surface area contributed by atoms with Crippen molar-refractivity contribution in [3.8, 4) is 0 Å². The fourth-order valence-corrected chi connectivity index (χ4v) is 3.26. The van der Waals surface area contributed by atoms with Crippen molar-refractivity contribution in [3.05, 3.63) is 48.2 Å². The van der Waals surface area contributed by atoms with Crippen LogP contribution in [0.15, 0.2) is 42.6 Å². The second-order valence-electron chi connectivity index (χ2n) is 5.66. The van der Waals surface area contributed by atoms with Crippen molar-refractivity contribution in [3.63, 3.8) is 0 Å². The average Bonchev–Trinajstić information content (AvgIpc) is 2.49. The molecule has 1 atom stereocenters. The lowest BCUT2D eigenvalue weighted by molar-refractivity contribution is -0.131. The van der Waals surface area contributed by atoms with Gasteiger partial charge in [-0.05, 0) is 18.4 Å². The van der Waals surface area contributed by atoms with Gasteiger partial charge < -0.3 is 4.90 Å². The van der Waals surface area contributed by atoms with E-state index in [9.17, 15) is 4.79 Å². The van der Waals surface area contributed by atoms with E-state index >= 15 is 0 Å². The molecule has 1 aliphatic carbocycles. The maximum atomic E-state index is 12.4. The first-order valence-electron chi connectivity index (χ1n) is 7.39. The molecule has 1 amide bonds. The molecule has 1 fully saturated rings. The van der Waals surface area contributed by atoms with Crippen LogP contribution in [0.2, 0.25) is 0 Å². The Kier molecular flexibility index (Phi) is 3.67. The van der Waals surface area contributed by atoms with Gasteiger partial charge in [-0.3, -0.25) is 4.79 Å². The number of amides is 1. The van der Waals surface area contributed by atoms with Gasteiger partial charge in [0, 0.05) is 24.6 Å². The zero-order valence-corrected chi connectivity index (χ0v) is 11.3. The summed E-state index contributed by atoms with van der Waals surface area (Å²) in [5.41, 5.74) is 1.25. The topological polar surface area (TPSA) is 20.3 Å². The minimum absolute atomic E-state index is 0.258. The van der Waals surface area contributed by atoms with Crippen LogP contribution in [0.3, 0.4) is 0 Å². The van der Waals surface area contributed by atoms with Crippen molar-refractivity contribution in [2.75, 3.05) is 0 Å². The Balaban J connectivity index is 1.73. The van der Waals surface area contributed by atoms with Gasteiger partial charge in [0.2, 0.25) is 5.91 Å². The first-order valence-corrected chi connectivity index (χ1v) is 7.39. The predicted octanol–water partition coefficient (Wildman–Crippen LogP) is 3.85. The van der Waals surface area contributed by atoms with Crippen molar-refractivity contribution >= 4 is 5.91 Å². The molecule has 2 aliphatic rings. The van der Waals surface area contributed by atoms with Crippen LogP contribution >= 0.6 is 0 Å². The summed E-state index contributed by atoms with van der Waals surface area (Å²) in [6.45, 7) is 0. The van der Waals surface area contributed by atoms with E-state index in [2.05, 4.69) is 18.2 Å². The maximum Gasteiger partial charge on any atom is 0.227 e. The average molecular weight is 255 g/mol. The van der Waals surface area contributed by atoms with Crippen LogP contribution in [0.5, 0.6) is 0 Å². The summed E-state index contributed by atoms with van der Waals surface area (Å²) in [6, 6.07) is 10.8. The van der Waals surface area contributed by atoms with Gasteiger partial charge in [-0.1, -0.05) is 55.7 Å². The molecule has 100 valence electrons. The van der Waals surface area contributed by atoms with Crippen LogP contribution in [0.1, 0.15) is 50.0 Å². The minimum Gasteiger partial charge on any atom is -0.316 e. The van der Waals surface area contributed by atoms with Crippen LogP contribution < -0.4 is 0 Å². The second-order valence-corrected chi connectivity index (χ2v) is 5.66. The number of nitrogens with zero attached hydrogens (tertiary/aromatic N) is 1. The lowest BCUT2D eigenvalue weighted by Crippen LogP contribution is -2.39. The van der Waals surface area contributed by atoms with Crippen molar-refractivity contribution in [2.24, 2.45) is 0 Å². The van der Waals surface area contributed by atoms with Crippen molar-refractivity contribution < 1.29 is 4.79 Å². The van der Waals surface area contributed by atoms with Crippen LogP contribution in [0, 0.1) is 0 Å². The molecule has 1 aromatic carbocycles. The van der Waals surface area contributed by atoms with Gasteiger partial charge >= 0.3 is 0 Å². The predicted molar refractivity (Wildman–Crippen MR) is 76.7 cm³/mol. The van der Waals surface area contributed by atoms with E-state index in [0.717, 1.165) is 0 Å². The monoisotopic (exact) mass is 255 g/mol. The molecule has 1 heterocycles. The molecule has 2 nitrogen and oxygen atoms in total. The molecule has 1 saturated carbocycles. The fourth-order valence-electron chi connectivity index (χ4n) is 3.26. The number of benzene rings is 1. The molecule has 19 heavy (non-hydrogen) atoms. The first kappa shape index (κ1) is 12.5. The second kappa shape index (κ2) is 5.60. The van der Waals surface area contributed by atoms with Crippen molar-refractivity contribution in [2.45, 2.75) is 50.5 Å². The molecule has 0 bridgehead atoms. The highest BCUT2D eigenvalue weighted by molar-refractivity contribution is 5.80. The van der Waals surface area contributed by atoms with Gasteiger partial charge in [-0.25, -0.2) is 0 Å². The fraction of sp³-hybridized carbons (Fsp3) is 0.471. The van der Waals surface area contributed by atoms with E-state index in [1.807, 2.05) is 29.3 Å². The van der Waals surface area contributed by atoms with Crippen molar-refractivity contribution in [1.82, 2.24) is 4.90 Å². The van der Waals surface area contributed by atoms with E-state index in [1.54, 1.807) is 0 Å². The SMILES string of the molecule is O=C1CC(c2ccccc2)C=CN1C1CCCCC1. The van der Waals surface area contributed by atoms with E-state index in [-0.39, 0.29) is 5.92 Å². The van der Waals surface area contributed by atoms with Gasteiger partial charge in [-0.15, -0.1) is 0 Å². The summed E-state index contributed by atoms with van der Waals surface area (Å²) in [7, 11) is 0. The third-order valence-corrected chi connectivity index (χ3v) is 4.36. The molecular weight excluding hydrogens is 234 g/mol. The third kappa shape index (κ3) is 2.73. The van der Waals surface area contributed by atoms with E-state index in [4.69, 9.17) is 0 Å². The van der Waals surface area contributed by atoms with Crippen LogP contribution in [0.4, 0.5) is 0 Å². The van der Waals surface area contributed by atoms with Crippen LogP contribution in [-0.2, 0) is 4.79 Å². The summed E-state index contributed by atoms with van der Waals surface area (Å²) in [4.78, 5) is 14.4. The Bertz CT molecular complexity index is 459. The lowest BCUT2D eigenvalue weighted by atomic mass is 9.89. The minimum atomic E-state index is 0.258. The molecule has 0 radical (unpaired) electrons. The molecule has 1 aromatic rings. The van der Waals surface area contributed by atoms with Gasteiger partial charge in [0.25, 0.3) is 0 Å². The number of hydrogen-bond acceptors (Lipinski definition) is 1. The zero-order valence-electron chi connectivity index (χ0n) is 11.3. The highest BCUT2D eigenvalue weighted by Gasteiger charge is 2.28. The third-order valence-electron chi connectivity index (χ3n) is 4.36. The van der Waals surface area contributed by atoms with Crippen molar-refractivity contribution in [1.29, 1.82) is 0 Å². The number of carbonyl (C=O) groups excluding carboxylic acids is 1. The summed E-state index contributed by atoms with van der Waals surface area (Å²) in [5, 5.41) is 0. The quantitative estimate of drug-likeness (QED) is 0.786. The first-order chi connectivity index (χ1) is 9.34. The highest BCUT2D eigenvalue weighted by Crippen LogP contribution is 2.30. The summed E-state index contributed by atoms with van der Waals surface area (Å²) in [5.74, 6) is 0.553. The molecule has 0 saturated heterocycles. The Labute approximate surface area is 115 Å². The molecule has 0 N–H and O–H groups in total. The highest BCUT2D eigenvalue weighted by atomic mass is 16.2. The molecular formula is C17H21NO. The van der Waals surface area contributed by atoms with Crippen LogP contribution in [-0.4, -0.2) is 16.8 Å². The number of hydrogen-bond donors (Lipinski definition) is 0. The number of carbonyl (C=O) groups is 1. The molecule has 0 spiro atoms. The summed E-state index contributed by atoms with van der Waals surface area (Å²) >= 11 is 0. The van der Waals surface area contributed by atoms with E-state index in [1.165, 1.54) is 37.7 Å². The Hall–Kier alpha value is -1.57. The summed E-state index contributed by atoms with van der Waals surface area (Å²) < 4.78 is 0. The number of rotatable bonds is 2. The van der Waals surface area contributed by atoms with E-state index < -0.39 is 0 Å². The molecule has 0 aromatic heterocycles. The Morgan fingerprint density at radius 3 is 2.42 bits per heavy atom.